The van der Waals surface area contributed by atoms with Crippen LogP contribution in [0.2, 0.25) is 0 Å². The van der Waals surface area contributed by atoms with Crippen molar-refractivity contribution >= 4 is 11.5 Å². The summed E-state index contributed by atoms with van der Waals surface area (Å²) < 4.78 is 10.1. The van der Waals surface area contributed by atoms with Gasteiger partial charge in [-0.2, -0.15) is 0 Å². The lowest BCUT2D eigenvalue weighted by Crippen LogP contribution is -1.95. The lowest BCUT2D eigenvalue weighted by Gasteiger charge is -2.10. The Balaban J connectivity index is 2.35. The predicted molar refractivity (Wildman–Crippen MR) is 88.8 cm³/mol. The van der Waals surface area contributed by atoms with Gasteiger partial charge in [-0.15, -0.1) is 0 Å². The molecule has 3 heteroatoms. The van der Waals surface area contributed by atoms with E-state index >= 15 is 0 Å². The fraction of sp³-hybridized carbons (Fsp3) is 0.211. The number of benzene rings is 2. The number of carbonyl (C=O) groups is 1. The van der Waals surface area contributed by atoms with Gasteiger partial charge in [-0.3, -0.25) is 0 Å². The van der Waals surface area contributed by atoms with Gasteiger partial charge in [-0.25, -0.2) is 4.79 Å². The number of ether oxygens (including phenoxy) is 2. The maximum absolute atomic E-state index is 11.3. The molecule has 2 rings (SSSR count). The molecule has 2 aromatic rings. The van der Waals surface area contributed by atoms with Crippen LogP contribution in [0.4, 0.5) is 0 Å². The molecule has 2 aromatic carbocycles. The standard InChI is InChI=1S/C19H20O3/c1-13-5-10-18(21-3)17(11-13)16-8-6-15(7-9-16)14(2)12-19(20)22-4/h5-12H,1-4H3/b14-12+. The molecule has 0 radical (unpaired) electrons. The van der Waals surface area contributed by atoms with E-state index in [1.807, 2.05) is 43.3 Å². The average molecular weight is 296 g/mol. The second-order valence-electron chi connectivity index (χ2n) is 5.13. The zero-order valence-corrected chi connectivity index (χ0v) is 13.3. The Morgan fingerprint density at radius 2 is 1.73 bits per heavy atom. The van der Waals surface area contributed by atoms with Crippen molar-refractivity contribution in [2.45, 2.75) is 13.8 Å². The van der Waals surface area contributed by atoms with Crippen LogP contribution >= 0.6 is 0 Å². The van der Waals surface area contributed by atoms with Crippen molar-refractivity contribution in [3.05, 3.63) is 59.7 Å². The van der Waals surface area contributed by atoms with Gasteiger partial charge in [0, 0.05) is 11.6 Å². The minimum absolute atomic E-state index is 0.345. The number of methoxy groups -OCH3 is 2. The second-order valence-corrected chi connectivity index (χ2v) is 5.13. The maximum atomic E-state index is 11.3. The normalized spacial score (nSPS) is 11.2. The molecule has 0 amide bonds. The molecule has 0 aliphatic carbocycles. The summed E-state index contributed by atoms with van der Waals surface area (Å²) in [5.74, 6) is 0.502. The van der Waals surface area contributed by atoms with Crippen molar-refractivity contribution in [1.82, 2.24) is 0 Å². The smallest absolute Gasteiger partial charge is 0.330 e. The van der Waals surface area contributed by atoms with Crippen LogP contribution in [0.5, 0.6) is 5.75 Å². The number of allylic oxidation sites excluding steroid dienone is 1. The Hall–Kier alpha value is -2.55. The number of hydrogen-bond acceptors (Lipinski definition) is 3. The summed E-state index contributed by atoms with van der Waals surface area (Å²) in [6.45, 7) is 3.94. The highest BCUT2D eigenvalue weighted by atomic mass is 16.5. The van der Waals surface area contributed by atoms with Gasteiger partial charge in [0.05, 0.1) is 14.2 Å². The molecule has 0 atom stereocenters. The molecule has 3 nitrogen and oxygen atoms in total. The molecule has 0 aliphatic rings. The van der Waals surface area contributed by atoms with Crippen LogP contribution < -0.4 is 4.74 Å². The fourth-order valence-corrected chi connectivity index (χ4v) is 2.28. The van der Waals surface area contributed by atoms with E-state index in [0.29, 0.717) is 0 Å². The van der Waals surface area contributed by atoms with Gasteiger partial charge in [-0.05, 0) is 42.7 Å². The van der Waals surface area contributed by atoms with Crippen molar-refractivity contribution in [1.29, 1.82) is 0 Å². The molecule has 0 fully saturated rings. The predicted octanol–water partition coefficient (Wildman–Crippen LogP) is 4.25. The third-order valence-electron chi connectivity index (χ3n) is 3.54. The monoisotopic (exact) mass is 296 g/mol. The molecule has 0 saturated carbocycles. The summed E-state index contributed by atoms with van der Waals surface area (Å²) in [6.07, 6.45) is 1.49. The van der Waals surface area contributed by atoms with E-state index in [2.05, 4.69) is 17.7 Å². The Morgan fingerprint density at radius 1 is 1.05 bits per heavy atom. The molecular weight excluding hydrogens is 276 g/mol. The van der Waals surface area contributed by atoms with Crippen LogP contribution in [0.3, 0.4) is 0 Å². The Kier molecular flexibility index (Phi) is 4.99. The van der Waals surface area contributed by atoms with Gasteiger partial charge in [0.25, 0.3) is 0 Å². The van der Waals surface area contributed by atoms with Crippen LogP contribution in [0.1, 0.15) is 18.1 Å². The Morgan fingerprint density at radius 3 is 2.32 bits per heavy atom. The first-order chi connectivity index (χ1) is 10.5. The first kappa shape index (κ1) is 15.8. The summed E-state index contributed by atoms with van der Waals surface area (Å²) in [4.78, 5) is 11.3. The molecular formula is C19H20O3. The van der Waals surface area contributed by atoms with E-state index in [0.717, 1.165) is 28.0 Å². The second kappa shape index (κ2) is 6.94. The van der Waals surface area contributed by atoms with Gasteiger partial charge in [0.15, 0.2) is 0 Å². The molecule has 0 heterocycles. The van der Waals surface area contributed by atoms with Gasteiger partial charge in [-0.1, -0.05) is 35.9 Å². The summed E-state index contributed by atoms with van der Waals surface area (Å²) >= 11 is 0. The van der Waals surface area contributed by atoms with Gasteiger partial charge in [0.1, 0.15) is 5.75 Å². The van der Waals surface area contributed by atoms with Gasteiger partial charge >= 0.3 is 5.97 Å². The highest BCUT2D eigenvalue weighted by Gasteiger charge is 2.07. The van der Waals surface area contributed by atoms with Crippen molar-refractivity contribution in [2.24, 2.45) is 0 Å². The number of hydrogen-bond donors (Lipinski definition) is 0. The first-order valence-electron chi connectivity index (χ1n) is 7.07. The minimum atomic E-state index is -0.345. The number of aryl methyl sites for hydroxylation is 1. The fourth-order valence-electron chi connectivity index (χ4n) is 2.28. The highest BCUT2D eigenvalue weighted by molar-refractivity contribution is 5.91. The maximum Gasteiger partial charge on any atom is 0.330 e. The Bertz CT molecular complexity index is 697. The van der Waals surface area contributed by atoms with Crippen molar-refractivity contribution in [3.63, 3.8) is 0 Å². The number of carbonyl (C=O) groups excluding carboxylic acids is 1. The van der Waals surface area contributed by atoms with Crippen molar-refractivity contribution in [2.75, 3.05) is 14.2 Å². The van der Waals surface area contributed by atoms with Crippen molar-refractivity contribution < 1.29 is 14.3 Å². The molecule has 0 aliphatic heterocycles. The third kappa shape index (κ3) is 3.55. The quantitative estimate of drug-likeness (QED) is 0.625. The van der Waals surface area contributed by atoms with Crippen LogP contribution in [-0.4, -0.2) is 20.2 Å². The van der Waals surface area contributed by atoms with E-state index < -0.39 is 0 Å². The van der Waals surface area contributed by atoms with E-state index in [-0.39, 0.29) is 5.97 Å². The Labute approximate surface area is 131 Å². The lowest BCUT2D eigenvalue weighted by atomic mass is 9.99. The minimum Gasteiger partial charge on any atom is -0.496 e. The largest absolute Gasteiger partial charge is 0.496 e. The molecule has 0 aromatic heterocycles. The molecule has 0 bridgehead atoms. The lowest BCUT2D eigenvalue weighted by molar-refractivity contribution is -0.134. The third-order valence-corrected chi connectivity index (χ3v) is 3.54. The first-order valence-corrected chi connectivity index (χ1v) is 7.07. The summed E-state index contributed by atoms with van der Waals surface area (Å²) in [5.41, 5.74) is 5.18. The van der Waals surface area contributed by atoms with E-state index in [1.54, 1.807) is 7.11 Å². The van der Waals surface area contributed by atoms with Gasteiger partial charge < -0.3 is 9.47 Å². The average Bonchev–Trinajstić information content (AvgIpc) is 2.54. The topological polar surface area (TPSA) is 35.5 Å². The SMILES string of the molecule is COC(=O)/C=C(\C)c1ccc(-c2cc(C)ccc2OC)cc1. The van der Waals surface area contributed by atoms with E-state index in [1.165, 1.54) is 18.7 Å². The van der Waals surface area contributed by atoms with Crippen LogP contribution in [0.15, 0.2) is 48.5 Å². The van der Waals surface area contributed by atoms with Crippen LogP contribution in [0, 0.1) is 6.92 Å². The van der Waals surface area contributed by atoms with E-state index in [9.17, 15) is 4.79 Å². The van der Waals surface area contributed by atoms with Gasteiger partial charge in [0.2, 0.25) is 0 Å². The zero-order valence-electron chi connectivity index (χ0n) is 13.3. The molecule has 22 heavy (non-hydrogen) atoms. The van der Waals surface area contributed by atoms with Crippen LogP contribution in [0.25, 0.3) is 16.7 Å². The summed E-state index contributed by atoms with van der Waals surface area (Å²) in [5, 5.41) is 0. The molecule has 0 saturated heterocycles. The summed E-state index contributed by atoms with van der Waals surface area (Å²) in [7, 11) is 3.05. The summed E-state index contributed by atoms with van der Waals surface area (Å²) in [6, 6.07) is 14.1. The van der Waals surface area contributed by atoms with Crippen molar-refractivity contribution in [3.8, 4) is 16.9 Å². The number of esters is 1. The zero-order chi connectivity index (χ0) is 16.1. The highest BCUT2D eigenvalue weighted by Crippen LogP contribution is 2.31. The molecule has 0 unspecified atom stereocenters. The molecule has 114 valence electrons. The van der Waals surface area contributed by atoms with Crippen LogP contribution in [-0.2, 0) is 9.53 Å². The molecule has 0 spiro atoms. The van der Waals surface area contributed by atoms with E-state index in [4.69, 9.17) is 4.74 Å². The number of rotatable bonds is 4. The molecule has 0 N–H and O–H groups in total.